The van der Waals surface area contributed by atoms with Crippen molar-refractivity contribution in [3.05, 3.63) is 35.4 Å². The van der Waals surface area contributed by atoms with E-state index in [0.717, 1.165) is 0 Å². The van der Waals surface area contributed by atoms with Crippen molar-refractivity contribution in [1.82, 2.24) is 0 Å². The minimum atomic E-state index is -0.0673. The maximum atomic E-state index is 8.99. The molecule has 11 heavy (non-hydrogen) atoms. The van der Waals surface area contributed by atoms with Crippen molar-refractivity contribution in [2.24, 2.45) is 0 Å². The fourth-order valence-corrected chi connectivity index (χ4v) is 0.991. The maximum absolute atomic E-state index is 8.99. The summed E-state index contributed by atoms with van der Waals surface area (Å²) in [5, 5.41) is 9.45. The molecule has 1 rings (SSSR count). The molecule has 0 radical (unpaired) electrons. The second kappa shape index (κ2) is 2.84. The summed E-state index contributed by atoms with van der Waals surface area (Å²) in [6.45, 7) is 3.34. The molecule has 0 aliphatic heterocycles. The van der Waals surface area contributed by atoms with Crippen LogP contribution in [-0.2, 0) is 0 Å². The Bertz CT molecular complexity index is 296. The van der Waals surface area contributed by atoms with Crippen molar-refractivity contribution < 1.29 is 5.11 Å². The van der Waals surface area contributed by atoms with E-state index in [2.05, 4.69) is 6.58 Å². The zero-order valence-electron chi connectivity index (χ0n) is 5.84. The van der Waals surface area contributed by atoms with Gasteiger partial charge in [0.2, 0.25) is 0 Å². The first kappa shape index (κ1) is 7.95. The zero-order valence-corrected chi connectivity index (χ0v) is 6.60. The summed E-state index contributed by atoms with van der Waals surface area (Å²) in [6.07, 6.45) is 0. The topological polar surface area (TPSA) is 46.2 Å². The van der Waals surface area contributed by atoms with Gasteiger partial charge < -0.3 is 10.8 Å². The largest absolute Gasteiger partial charge is 0.508 e. The van der Waals surface area contributed by atoms with Crippen molar-refractivity contribution >= 4 is 23.0 Å². The van der Waals surface area contributed by atoms with Crippen LogP contribution in [0.2, 0.25) is 5.02 Å². The lowest BCUT2D eigenvalue weighted by atomic mass is 10.2. The first-order chi connectivity index (χ1) is 5.11. The number of nitrogen functional groups attached to an aromatic ring is 1. The van der Waals surface area contributed by atoms with Crippen LogP contribution in [0.15, 0.2) is 24.8 Å². The highest BCUT2D eigenvalue weighted by Crippen LogP contribution is 2.23. The van der Waals surface area contributed by atoms with Crippen LogP contribution in [0.5, 0.6) is 0 Å². The predicted octanol–water partition coefficient (Wildman–Crippen LogP) is 2.45. The van der Waals surface area contributed by atoms with Gasteiger partial charge in [-0.3, -0.25) is 0 Å². The Kier molecular flexibility index (Phi) is 2.06. The average molecular weight is 170 g/mol. The van der Waals surface area contributed by atoms with Crippen LogP contribution < -0.4 is 5.73 Å². The minimum absolute atomic E-state index is 0.0673. The molecular formula is C8H8ClNO. The van der Waals surface area contributed by atoms with Gasteiger partial charge in [0.25, 0.3) is 0 Å². The van der Waals surface area contributed by atoms with Gasteiger partial charge >= 0.3 is 0 Å². The molecule has 0 aromatic heterocycles. The van der Waals surface area contributed by atoms with Crippen molar-refractivity contribution in [3.8, 4) is 0 Å². The maximum Gasteiger partial charge on any atom is 0.117 e. The van der Waals surface area contributed by atoms with Crippen LogP contribution in [0.1, 0.15) is 5.56 Å². The molecular weight excluding hydrogens is 162 g/mol. The summed E-state index contributed by atoms with van der Waals surface area (Å²) in [5.74, 6) is -0.0673. The number of hydrogen-bond donors (Lipinski definition) is 2. The van der Waals surface area contributed by atoms with Crippen molar-refractivity contribution in [2.75, 3.05) is 5.73 Å². The number of aliphatic hydroxyl groups excluding tert-OH is 1. The normalized spacial score (nSPS) is 9.55. The Balaban J connectivity index is 3.23. The van der Waals surface area contributed by atoms with Crippen LogP contribution >= 0.6 is 11.6 Å². The van der Waals surface area contributed by atoms with E-state index in [9.17, 15) is 0 Å². The summed E-state index contributed by atoms with van der Waals surface area (Å²) in [5.41, 5.74) is 6.49. The van der Waals surface area contributed by atoms with Gasteiger partial charge in [0.1, 0.15) is 5.76 Å². The van der Waals surface area contributed by atoms with Crippen molar-refractivity contribution in [2.45, 2.75) is 0 Å². The van der Waals surface area contributed by atoms with Crippen molar-refractivity contribution in [1.29, 1.82) is 0 Å². The average Bonchev–Trinajstić information content (AvgIpc) is 1.94. The summed E-state index contributed by atoms with van der Waals surface area (Å²) < 4.78 is 0. The zero-order chi connectivity index (χ0) is 8.43. The Hall–Kier alpha value is -1.15. The molecule has 0 saturated heterocycles. The second-order valence-electron chi connectivity index (χ2n) is 2.19. The molecule has 0 aliphatic carbocycles. The quantitative estimate of drug-likeness (QED) is 0.501. The molecule has 0 aliphatic rings. The number of rotatable bonds is 1. The Morgan fingerprint density at radius 3 is 2.64 bits per heavy atom. The monoisotopic (exact) mass is 169 g/mol. The first-order valence-corrected chi connectivity index (χ1v) is 3.42. The molecule has 1 aromatic carbocycles. The van der Waals surface area contributed by atoms with E-state index in [1.165, 1.54) is 0 Å². The van der Waals surface area contributed by atoms with Crippen LogP contribution in [-0.4, -0.2) is 5.11 Å². The summed E-state index contributed by atoms with van der Waals surface area (Å²) in [4.78, 5) is 0. The lowest BCUT2D eigenvalue weighted by Gasteiger charge is -2.02. The number of hydrogen-bond acceptors (Lipinski definition) is 2. The molecule has 2 nitrogen and oxygen atoms in total. The second-order valence-corrected chi connectivity index (χ2v) is 2.59. The SMILES string of the molecule is C=C(O)c1cc(N)ccc1Cl. The highest BCUT2D eigenvalue weighted by molar-refractivity contribution is 6.32. The first-order valence-electron chi connectivity index (χ1n) is 3.04. The highest BCUT2D eigenvalue weighted by Gasteiger charge is 2.02. The van der Waals surface area contributed by atoms with E-state index >= 15 is 0 Å². The summed E-state index contributed by atoms with van der Waals surface area (Å²) in [7, 11) is 0. The van der Waals surface area contributed by atoms with Gasteiger partial charge in [0, 0.05) is 11.3 Å². The van der Waals surface area contributed by atoms with E-state index in [0.29, 0.717) is 16.3 Å². The Morgan fingerprint density at radius 2 is 2.18 bits per heavy atom. The molecule has 3 heteroatoms. The number of halogens is 1. The molecule has 0 atom stereocenters. The molecule has 0 saturated carbocycles. The molecule has 0 unspecified atom stereocenters. The highest BCUT2D eigenvalue weighted by atomic mass is 35.5. The fourth-order valence-electron chi connectivity index (χ4n) is 0.764. The number of anilines is 1. The van der Waals surface area contributed by atoms with E-state index in [4.69, 9.17) is 22.4 Å². The lowest BCUT2D eigenvalue weighted by Crippen LogP contribution is -1.88. The molecule has 0 heterocycles. The molecule has 1 aromatic rings. The number of nitrogens with two attached hydrogens (primary N) is 1. The van der Waals surface area contributed by atoms with Gasteiger partial charge in [-0.05, 0) is 18.2 Å². The lowest BCUT2D eigenvalue weighted by molar-refractivity contribution is 0.514. The van der Waals surface area contributed by atoms with Crippen LogP contribution in [0, 0.1) is 0 Å². The van der Waals surface area contributed by atoms with Crippen molar-refractivity contribution in [3.63, 3.8) is 0 Å². The molecule has 3 N–H and O–H groups in total. The van der Waals surface area contributed by atoms with E-state index < -0.39 is 0 Å². The Morgan fingerprint density at radius 1 is 1.55 bits per heavy atom. The number of benzene rings is 1. The van der Waals surface area contributed by atoms with Crippen LogP contribution in [0.3, 0.4) is 0 Å². The summed E-state index contributed by atoms with van der Waals surface area (Å²) in [6, 6.07) is 4.85. The van der Waals surface area contributed by atoms with E-state index in [1.54, 1.807) is 18.2 Å². The third-order valence-corrected chi connectivity index (χ3v) is 1.63. The third-order valence-electron chi connectivity index (χ3n) is 1.30. The summed E-state index contributed by atoms with van der Waals surface area (Å²) >= 11 is 5.71. The van der Waals surface area contributed by atoms with Gasteiger partial charge in [0.15, 0.2) is 0 Å². The third kappa shape index (κ3) is 1.65. The number of aliphatic hydroxyl groups is 1. The predicted molar refractivity (Wildman–Crippen MR) is 47.5 cm³/mol. The van der Waals surface area contributed by atoms with Crippen LogP contribution in [0.4, 0.5) is 5.69 Å². The van der Waals surface area contributed by atoms with Gasteiger partial charge in [-0.15, -0.1) is 0 Å². The van der Waals surface area contributed by atoms with Gasteiger partial charge in [-0.25, -0.2) is 0 Å². The smallest absolute Gasteiger partial charge is 0.117 e. The van der Waals surface area contributed by atoms with E-state index in [-0.39, 0.29) is 5.76 Å². The minimum Gasteiger partial charge on any atom is -0.508 e. The van der Waals surface area contributed by atoms with Gasteiger partial charge in [0.05, 0.1) is 5.02 Å². The van der Waals surface area contributed by atoms with E-state index in [1.807, 2.05) is 0 Å². The molecule has 0 bridgehead atoms. The van der Waals surface area contributed by atoms with Gasteiger partial charge in [-0.1, -0.05) is 18.2 Å². The molecule has 58 valence electrons. The molecule has 0 amide bonds. The molecule has 0 fully saturated rings. The Labute approximate surface area is 69.9 Å². The van der Waals surface area contributed by atoms with Crippen LogP contribution in [0.25, 0.3) is 5.76 Å². The van der Waals surface area contributed by atoms with Gasteiger partial charge in [-0.2, -0.15) is 0 Å². The fraction of sp³-hybridized carbons (Fsp3) is 0. The standard InChI is InChI=1S/C8H8ClNO/c1-5(11)7-4-6(10)2-3-8(7)9/h2-4,11H,1,10H2. The molecule has 0 spiro atoms.